The molecule has 5 heteroatoms. The Morgan fingerprint density at radius 1 is 1.48 bits per heavy atom. The predicted octanol–water partition coefficient (Wildman–Crippen LogP) is 1.54. The van der Waals surface area contributed by atoms with Gasteiger partial charge in [-0.05, 0) is 51.7 Å². The molecular weight excluding hydrogens is 264 g/mol. The number of hydrogen-bond donors (Lipinski definition) is 2. The van der Waals surface area contributed by atoms with Crippen LogP contribution in [0, 0.1) is 6.92 Å². The van der Waals surface area contributed by atoms with E-state index >= 15 is 0 Å². The number of likely N-dealkylation sites (tertiary alicyclic amines) is 1. The summed E-state index contributed by atoms with van der Waals surface area (Å²) in [6.45, 7) is 4.92. The van der Waals surface area contributed by atoms with Crippen molar-refractivity contribution in [1.29, 1.82) is 0 Å². The second-order valence-electron chi connectivity index (χ2n) is 6.08. The standard InChI is InChI=1S/C16H26N4O/c1-12-4-5-13(17)10-15(12)18-16(21)7-9-20-8-6-14(11-20)19(2)3/h4-5,10,14H,6-9,11,17H2,1-3H3,(H,18,21). The fourth-order valence-corrected chi connectivity index (χ4v) is 2.68. The SMILES string of the molecule is Cc1ccc(N)cc1NC(=O)CCN1CCC(N(C)C)C1. The molecule has 1 aromatic rings. The molecule has 1 aliphatic heterocycles. The second-order valence-corrected chi connectivity index (χ2v) is 6.08. The fourth-order valence-electron chi connectivity index (χ4n) is 2.68. The lowest BCUT2D eigenvalue weighted by atomic mass is 10.2. The molecule has 0 aliphatic carbocycles. The minimum atomic E-state index is 0.0528. The monoisotopic (exact) mass is 290 g/mol. The number of carbonyl (C=O) groups is 1. The van der Waals surface area contributed by atoms with Crippen molar-refractivity contribution >= 4 is 17.3 Å². The van der Waals surface area contributed by atoms with E-state index in [0.29, 0.717) is 18.2 Å². The van der Waals surface area contributed by atoms with Crippen molar-refractivity contribution in [3.8, 4) is 0 Å². The predicted molar refractivity (Wildman–Crippen MR) is 87.4 cm³/mol. The number of hydrogen-bond acceptors (Lipinski definition) is 4. The van der Waals surface area contributed by atoms with Crippen molar-refractivity contribution in [3.05, 3.63) is 23.8 Å². The van der Waals surface area contributed by atoms with E-state index in [9.17, 15) is 4.79 Å². The van der Waals surface area contributed by atoms with Crippen molar-refractivity contribution in [2.45, 2.75) is 25.8 Å². The molecule has 1 aliphatic rings. The number of nitrogen functional groups attached to an aromatic ring is 1. The van der Waals surface area contributed by atoms with Crippen molar-refractivity contribution in [2.75, 3.05) is 44.8 Å². The Morgan fingerprint density at radius 3 is 2.90 bits per heavy atom. The number of nitrogens with one attached hydrogen (secondary N) is 1. The summed E-state index contributed by atoms with van der Waals surface area (Å²) in [5, 5.41) is 2.95. The minimum absolute atomic E-state index is 0.0528. The van der Waals surface area contributed by atoms with Crippen LogP contribution in [0.4, 0.5) is 11.4 Å². The maximum Gasteiger partial charge on any atom is 0.225 e. The van der Waals surface area contributed by atoms with Crippen LogP contribution < -0.4 is 11.1 Å². The first-order valence-electron chi connectivity index (χ1n) is 7.50. The van der Waals surface area contributed by atoms with Gasteiger partial charge in [0.15, 0.2) is 0 Å². The molecule has 0 bridgehead atoms. The van der Waals surface area contributed by atoms with Gasteiger partial charge in [0.2, 0.25) is 5.91 Å². The minimum Gasteiger partial charge on any atom is -0.399 e. The zero-order chi connectivity index (χ0) is 15.4. The number of benzene rings is 1. The molecule has 2 rings (SSSR count). The van der Waals surface area contributed by atoms with E-state index in [-0.39, 0.29) is 5.91 Å². The molecule has 5 nitrogen and oxygen atoms in total. The van der Waals surface area contributed by atoms with Crippen LogP contribution in [0.15, 0.2) is 18.2 Å². The van der Waals surface area contributed by atoms with Gasteiger partial charge in [-0.25, -0.2) is 0 Å². The third-order valence-corrected chi connectivity index (χ3v) is 4.17. The summed E-state index contributed by atoms with van der Waals surface area (Å²) < 4.78 is 0. The lowest BCUT2D eigenvalue weighted by Gasteiger charge is -2.20. The van der Waals surface area contributed by atoms with Crippen molar-refractivity contribution < 1.29 is 4.79 Å². The normalized spacial score (nSPS) is 19.1. The first kappa shape index (κ1) is 15.8. The molecule has 0 aromatic heterocycles. The summed E-state index contributed by atoms with van der Waals surface area (Å²) in [7, 11) is 4.23. The highest BCUT2D eigenvalue weighted by Gasteiger charge is 2.23. The molecule has 1 heterocycles. The molecule has 0 saturated carbocycles. The number of likely N-dealkylation sites (N-methyl/N-ethyl adjacent to an activating group) is 1. The van der Waals surface area contributed by atoms with Gasteiger partial charge in [-0.15, -0.1) is 0 Å². The lowest BCUT2D eigenvalue weighted by Crippen LogP contribution is -2.32. The zero-order valence-corrected chi connectivity index (χ0v) is 13.2. The highest BCUT2D eigenvalue weighted by atomic mass is 16.1. The summed E-state index contributed by atoms with van der Waals surface area (Å²) in [4.78, 5) is 16.7. The highest BCUT2D eigenvalue weighted by molar-refractivity contribution is 5.92. The molecule has 21 heavy (non-hydrogen) atoms. The Bertz CT molecular complexity index is 501. The zero-order valence-electron chi connectivity index (χ0n) is 13.2. The number of anilines is 2. The van der Waals surface area contributed by atoms with E-state index in [4.69, 9.17) is 5.73 Å². The van der Waals surface area contributed by atoms with Gasteiger partial charge in [-0.1, -0.05) is 6.07 Å². The van der Waals surface area contributed by atoms with E-state index in [0.717, 1.165) is 30.9 Å². The van der Waals surface area contributed by atoms with Crippen molar-refractivity contribution in [3.63, 3.8) is 0 Å². The van der Waals surface area contributed by atoms with Gasteiger partial charge in [0, 0.05) is 36.9 Å². The quantitative estimate of drug-likeness (QED) is 0.808. The largest absolute Gasteiger partial charge is 0.399 e. The van der Waals surface area contributed by atoms with E-state index in [1.54, 1.807) is 0 Å². The first-order chi connectivity index (χ1) is 9.95. The smallest absolute Gasteiger partial charge is 0.225 e. The Balaban J connectivity index is 1.79. The van der Waals surface area contributed by atoms with Gasteiger partial charge in [-0.3, -0.25) is 4.79 Å². The Morgan fingerprint density at radius 2 is 2.24 bits per heavy atom. The third kappa shape index (κ3) is 4.44. The average Bonchev–Trinajstić information content (AvgIpc) is 2.90. The van der Waals surface area contributed by atoms with Crippen molar-refractivity contribution in [1.82, 2.24) is 9.80 Å². The van der Waals surface area contributed by atoms with Gasteiger partial charge < -0.3 is 20.9 Å². The summed E-state index contributed by atoms with van der Waals surface area (Å²) in [5.74, 6) is 0.0528. The molecule has 1 unspecified atom stereocenters. The maximum atomic E-state index is 12.1. The van der Waals surface area contributed by atoms with E-state index in [2.05, 4.69) is 29.2 Å². The highest BCUT2D eigenvalue weighted by Crippen LogP contribution is 2.18. The summed E-state index contributed by atoms with van der Waals surface area (Å²) >= 11 is 0. The van der Waals surface area contributed by atoms with Gasteiger partial charge >= 0.3 is 0 Å². The van der Waals surface area contributed by atoms with Crippen LogP contribution in [-0.4, -0.2) is 55.5 Å². The third-order valence-electron chi connectivity index (χ3n) is 4.17. The Labute approximate surface area is 127 Å². The number of rotatable bonds is 5. The van der Waals surface area contributed by atoms with Crippen LogP contribution >= 0.6 is 0 Å². The molecule has 3 N–H and O–H groups in total. The van der Waals surface area contributed by atoms with E-state index in [1.165, 1.54) is 6.42 Å². The summed E-state index contributed by atoms with van der Waals surface area (Å²) in [6, 6.07) is 6.19. The van der Waals surface area contributed by atoms with Gasteiger partial charge in [0.05, 0.1) is 0 Å². The van der Waals surface area contributed by atoms with Crippen molar-refractivity contribution in [2.24, 2.45) is 0 Å². The molecular formula is C16H26N4O. The first-order valence-corrected chi connectivity index (χ1v) is 7.50. The second kappa shape index (κ2) is 6.91. The Hall–Kier alpha value is -1.59. The van der Waals surface area contributed by atoms with Gasteiger partial charge in [-0.2, -0.15) is 0 Å². The molecule has 1 amide bonds. The van der Waals surface area contributed by atoms with Crippen LogP contribution in [-0.2, 0) is 4.79 Å². The van der Waals surface area contributed by atoms with Crippen LogP contribution in [0.5, 0.6) is 0 Å². The molecule has 116 valence electrons. The fraction of sp³-hybridized carbons (Fsp3) is 0.562. The molecule has 1 saturated heterocycles. The number of aryl methyl sites for hydroxylation is 1. The molecule has 0 radical (unpaired) electrons. The van der Waals surface area contributed by atoms with Gasteiger partial charge in [0.1, 0.15) is 0 Å². The van der Waals surface area contributed by atoms with E-state index < -0.39 is 0 Å². The summed E-state index contributed by atoms with van der Waals surface area (Å²) in [5.41, 5.74) is 8.27. The lowest BCUT2D eigenvalue weighted by molar-refractivity contribution is -0.116. The average molecular weight is 290 g/mol. The molecule has 1 atom stereocenters. The van der Waals surface area contributed by atoms with E-state index in [1.807, 2.05) is 25.1 Å². The number of nitrogens with two attached hydrogens (primary N) is 1. The number of carbonyl (C=O) groups excluding carboxylic acids is 1. The molecule has 1 aromatic carbocycles. The van der Waals surface area contributed by atoms with Crippen LogP contribution in [0.3, 0.4) is 0 Å². The molecule has 0 spiro atoms. The number of amides is 1. The number of nitrogens with zero attached hydrogens (tertiary/aromatic N) is 2. The Kier molecular flexibility index (Phi) is 5.20. The van der Waals surface area contributed by atoms with Crippen LogP contribution in [0.2, 0.25) is 0 Å². The van der Waals surface area contributed by atoms with Crippen LogP contribution in [0.25, 0.3) is 0 Å². The molecule has 1 fully saturated rings. The van der Waals surface area contributed by atoms with Crippen LogP contribution in [0.1, 0.15) is 18.4 Å². The van der Waals surface area contributed by atoms with Gasteiger partial charge in [0.25, 0.3) is 0 Å². The summed E-state index contributed by atoms with van der Waals surface area (Å²) in [6.07, 6.45) is 1.71. The topological polar surface area (TPSA) is 61.6 Å². The maximum absolute atomic E-state index is 12.1.